The van der Waals surface area contributed by atoms with Gasteiger partial charge in [0.2, 0.25) is 5.91 Å². The highest BCUT2D eigenvalue weighted by Gasteiger charge is 2.53. The summed E-state index contributed by atoms with van der Waals surface area (Å²) < 4.78 is 9.23. The zero-order chi connectivity index (χ0) is 16.7. The van der Waals surface area contributed by atoms with Gasteiger partial charge in [0.05, 0.1) is 10.8 Å². The SMILES string of the molecule is CC(=O)N1[C@@H](OC(=O)O)C(C)(C)S[C@H]1c1ccc([N+](=O)[O-])o1. The second kappa shape index (κ2) is 5.52. The molecular weight excluding hydrogens is 316 g/mol. The summed E-state index contributed by atoms with van der Waals surface area (Å²) in [5.41, 5.74) is 0. The fourth-order valence-corrected chi connectivity index (χ4v) is 3.72. The lowest BCUT2D eigenvalue weighted by Gasteiger charge is -2.29. The quantitative estimate of drug-likeness (QED) is 0.509. The molecular formula is C12H14N2O7S. The maximum absolute atomic E-state index is 11.9. The number of carboxylic acid groups (broad SMARTS) is 1. The zero-order valence-electron chi connectivity index (χ0n) is 12.0. The monoisotopic (exact) mass is 330 g/mol. The van der Waals surface area contributed by atoms with Gasteiger partial charge in [-0.2, -0.15) is 0 Å². The summed E-state index contributed by atoms with van der Waals surface area (Å²) >= 11 is 1.23. The van der Waals surface area contributed by atoms with Crippen LogP contribution in [-0.2, 0) is 9.53 Å². The van der Waals surface area contributed by atoms with Crippen LogP contribution in [0.2, 0.25) is 0 Å². The van der Waals surface area contributed by atoms with Crippen LogP contribution in [-0.4, -0.2) is 38.0 Å². The largest absolute Gasteiger partial charge is 0.507 e. The Bertz CT molecular complexity index is 627. The van der Waals surface area contributed by atoms with Crippen molar-refractivity contribution in [3.8, 4) is 0 Å². The van der Waals surface area contributed by atoms with E-state index < -0.39 is 39.2 Å². The highest BCUT2D eigenvalue weighted by molar-refractivity contribution is 8.01. The van der Waals surface area contributed by atoms with E-state index in [0.29, 0.717) is 0 Å². The van der Waals surface area contributed by atoms with Crippen molar-refractivity contribution in [2.24, 2.45) is 0 Å². The Morgan fingerprint density at radius 2 is 2.14 bits per heavy atom. The van der Waals surface area contributed by atoms with Crippen LogP contribution in [0.3, 0.4) is 0 Å². The molecule has 1 fully saturated rings. The molecule has 1 aliphatic heterocycles. The molecule has 0 aromatic carbocycles. The van der Waals surface area contributed by atoms with Gasteiger partial charge in [0.1, 0.15) is 16.1 Å². The molecule has 10 heteroatoms. The number of hydrogen-bond acceptors (Lipinski definition) is 7. The van der Waals surface area contributed by atoms with E-state index >= 15 is 0 Å². The number of thioether (sulfide) groups is 1. The van der Waals surface area contributed by atoms with Crippen molar-refractivity contribution in [1.29, 1.82) is 0 Å². The van der Waals surface area contributed by atoms with Crippen molar-refractivity contribution < 1.29 is 28.8 Å². The molecule has 0 radical (unpaired) electrons. The van der Waals surface area contributed by atoms with Gasteiger partial charge in [-0.05, 0) is 19.9 Å². The molecule has 1 aromatic heterocycles. The first-order chi connectivity index (χ1) is 10.1. The van der Waals surface area contributed by atoms with Crippen molar-refractivity contribution in [3.63, 3.8) is 0 Å². The summed E-state index contributed by atoms with van der Waals surface area (Å²) in [5.74, 6) is -0.677. The predicted molar refractivity (Wildman–Crippen MR) is 75.2 cm³/mol. The second-order valence-electron chi connectivity index (χ2n) is 5.17. The van der Waals surface area contributed by atoms with Crippen molar-refractivity contribution in [3.05, 3.63) is 28.0 Å². The number of amides is 1. The molecule has 0 bridgehead atoms. The number of ether oxygens (including phenoxy) is 1. The summed E-state index contributed by atoms with van der Waals surface area (Å²) in [6, 6.07) is 2.58. The standard InChI is InChI=1S/C12H14N2O7S/c1-6(15)13-9(7-4-5-8(20-7)14(18)19)22-12(2,3)10(13)21-11(16)17/h4-5,9-10H,1-3H3,(H,16,17)/t9-,10-/m0/s1. The molecule has 0 unspecified atom stereocenters. The third kappa shape index (κ3) is 2.86. The Labute approximate surface area is 129 Å². The molecule has 22 heavy (non-hydrogen) atoms. The van der Waals surface area contributed by atoms with E-state index in [0.717, 1.165) is 0 Å². The van der Waals surface area contributed by atoms with Crippen LogP contribution in [0, 0.1) is 10.1 Å². The minimum Gasteiger partial charge on any atom is -0.450 e. The Kier molecular flexibility index (Phi) is 4.05. The normalized spacial score (nSPS) is 23.3. The highest BCUT2D eigenvalue weighted by Crippen LogP contribution is 2.53. The summed E-state index contributed by atoms with van der Waals surface area (Å²) in [7, 11) is 0. The van der Waals surface area contributed by atoms with Crippen LogP contribution in [0.5, 0.6) is 0 Å². The number of carbonyl (C=O) groups excluding carboxylic acids is 1. The van der Waals surface area contributed by atoms with Gasteiger partial charge in [0.15, 0.2) is 6.23 Å². The van der Waals surface area contributed by atoms with Gasteiger partial charge in [0.25, 0.3) is 0 Å². The molecule has 1 aliphatic rings. The van der Waals surface area contributed by atoms with E-state index in [-0.39, 0.29) is 5.76 Å². The summed E-state index contributed by atoms with van der Waals surface area (Å²) in [4.78, 5) is 34.0. The van der Waals surface area contributed by atoms with Gasteiger partial charge in [-0.1, -0.05) is 0 Å². The fraction of sp³-hybridized carbons (Fsp3) is 0.500. The van der Waals surface area contributed by atoms with Crippen LogP contribution >= 0.6 is 11.8 Å². The lowest BCUT2D eigenvalue weighted by Crippen LogP contribution is -2.45. The second-order valence-corrected chi connectivity index (χ2v) is 6.90. The van der Waals surface area contributed by atoms with E-state index in [1.165, 1.54) is 35.7 Å². The first-order valence-electron chi connectivity index (χ1n) is 6.24. The van der Waals surface area contributed by atoms with E-state index in [2.05, 4.69) is 0 Å². The average Bonchev–Trinajstić information content (AvgIpc) is 2.92. The fourth-order valence-electron chi connectivity index (χ4n) is 2.25. The average molecular weight is 330 g/mol. The van der Waals surface area contributed by atoms with Crippen LogP contribution in [0.4, 0.5) is 10.7 Å². The number of furan rings is 1. The predicted octanol–water partition coefficient (Wildman–Crippen LogP) is 2.58. The molecule has 1 aromatic rings. The Hall–Kier alpha value is -2.23. The Balaban J connectivity index is 2.39. The van der Waals surface area contributed by atoms with E-state index in [1.54, 1.807) is 13.8 Å². The Morgan fingerprint density at radius 3 is 2.59 bits per heavy atom. The number of rotatable bonds is 3. The van der Waals surface area contributed by atoms with Gasteiger partial charge in [-0.15, -0.1) is 11.8 Å². The minimum atomic E-state index is -1.50. The lowest BCUT2D eigenvalue weighted by molar-refractivity contribution is -0.402. The first kappa shape index (κ1) is 16.1. The molecule has 2 atom stereocenters. The van der Waals surface area contributed by atoms with Crippen molar-refractivity contribution in [1.82, 2.24) is 4.90 Å². The van der Waals surface area contributed by atoms with E-state index in [9.17, 15) is 19.7 Å². The molecule has 1 amide bonds. The van der Waals surface area contributed by atoms with Crippen LogP contribution in [0.15, 0.2) is 16.5 Å². The smallest absolute Gasteiger partial charge is 0.450 e. The van der Waals surface area contributed by atoms with Crippen molar-refractivity contribution in [2.75, 3.05) is 0 Å². The van der Waals surface area contributed by atoms with Crippen molar-refractivity contribution >= 4 is 29.7 Å². The highest BCUT2D eigenvalue weighted by atomic mass is 32.2. The molecule has 0 aliphatic carbocycles. The molecule has 2 rings (SSSR count). The molecule has 0 saturated carbocycles. The topological polar surface area (TPSA) is 123 Å². The molecule has 9 nitrogen and oxygen atoms in total. The molecule has 2 heterocycles. The maximum atomic E-state index is 11.9. The van der Waals surface area contributed by atoms with Crippen molar-refractivity contribution in [2.45, 2.75) is 37.1 Å². The summed E-state index contributed by atoms with van der Waals surface area (Å²) in [5, 5.41) is 18.9. The zero-order valence-corrected chi connectivity index (χ0v) is 12.8. The molecule has 1 N–H and O–H groups in total. The third-order valence-corrected chi connectivity index (χ3v) is 4.62. The number of nitro groups is 1. The van der Waals surface area contributed by atoms with Crippen LogP contribution in [0.25, 0.3) is 0 Å². The molecule has 0 spiro atoms. The van der Waals surface area contributed by atoms with Crippen LogP contribution in [0.1, 0.15) is 31.9 Å². The lowest BCUT2D eigenvalue weighted by atomic mass is 10.1. The van der Waals surface area contributed by atoms with Gasteiger partial charge in [0, 0.05) is 6.92 Å². The number of carbonyl (C=O) groups is 2. The van der Waals surface area contributed by atoms with Gasteiger partial charge >= 0.3 is 12.0 Å². The number of nitrogens with zero attached hydrogens (tertiary/aromatic N) is 2. The summed E-state index contributed by atoms with van der Waals surface area (Å²) in [6.07, 6.45) is -2.53. The molecule has 1 saturated heterocycles. The number of hydrogen-bond donors (Lipinski definition) is 1. The van der Waals surface area contributed by atoms with Gasteiger partial charge < -0.3 is 14.3 Å². The molecule has 120 valence electrons. The summed E-state index contributed by atoms with van der Waals surface area (Å²) in [6.45, 7) is 4.71. The first-order valence-corrected chi connectivity index (χ1v) is 7.12. The van der Waals surface area contributed by atoms with Crippen LogP contribution < -0.4 is 0 Å². The van der Waals surface area contributed by atoms with Gasteiger partial charge in [-0.3, -0.25) is 19.8 Å². The minimum absolute atomic E-state index is 0.191. The Morgan fingerprint density at radius 1 is 1.50 bits per heavy atom. The van der Waals surface area contributed by atoms with E-state index in [4.69, 9.17) is 14.3 Å². The van der Waals surface area contributed by atoms with E-state index in [1.807, 2.05) is 0 Å². The maximum Gasteiger partial charge on any atom is 0.507 e. The van der Waals surface area contributed by atoms with Gasteiger partial charge in [-0.25, -0.2) is 4.79 Å². The third-order valence-electron chi connectivity index (χ3n) is 3.13.